The van der Waals surface area contributed by atoms with Crippen molar-refractivity contribution in [3.05, 3.63) is 65.5 Å². The van der Waals surface area contributed by atoms with Gasteiger partial charge in [0.05, 0.1) is 6.54 Å². The number of hydrogen-bond donors (Lipinski definition) is 1. The minimum atomic E-state index is -0.0600. The quantitative estimate of drug-likeness (QED) is 0.752. The van der Waals surface area contributed by atoms with Gasteiger partial charge in [-0.2, -0.15) is 0 Å². The molecule has 1 aliphatic rings. The summed E-state index contributed by atoms with van der Waals surface area (Å²) < 4.78 is 5.84. The van der Waals surface area contributed by atoms with E-state index >= 15 is 0 Å². The van der Waals surface area contributed by atoms with Gasteiger partial charge in [0.2, 0.25) is 11.8 Å². The molecule has 144 valence electrons. The number of phenols is 1. The molecule has 7 nitrogen and oxygen atoms in total. The van der Waals surface area contributed by atoms with Crippen LogP contribution in [-0.4, -0.2) is 57.2 Å². The summed E-state index contributed by atoms with van der Waals surface area (Å²) in [6.45, 7) is 5.27. The van der Waals surface area contributed by atoms with Crippen molar-refractivity contribution in [3.8, 4) is 17.2 Å². The Kier molecular flexibility index (Phi) is 5.08. The maximum Gasteiger partial charge on any atom is 0.254 e. The number of phenolic OH excluding ortho intramolecular Hbond substituents is 1. The van der Waals surface area contributed by atoms with Crippen molar-refractivity contribution in [3.63, 3.8) is 0 Å². The Balaban J connectivity index is 1.35. The normalized spacial score (nSPS) is 15.0. The average molecular weight is 378 g/mol. The number of carbonyl (C=O) groups is 1. The average Bonchev–Trinajstić information content (AvgIpc) is 3.16. The van der Waals surface area contributed by atoms with Gasteiger partial charge in [-0.3, -0.25) is 9.69 Å². The molecule has 1 saturated heterocycles. The number of amides is 1. The molecule has 4 rings (SSSR count). The van der Waals surface area contributed by atoms with E-state index in [-0.39, 0.29) is 11.7 Å². The summed E-state index contributed by atoms with van der Waals surface area (Å²) in [5.41, 5.74) is 2.55. The van der Waals surface area contributed by atoms with Crippen LogP contribution in [0.2, 0.25) is 0 Å². The molecule has 0 aliphatic carbocycles. The van der Waals surface area contributed by atoms with Crippen LogP contribution in [0.4, 0.5) is 0 Å². The third kappa shape index (κ3) is 3.89. The van der Waals surface area contributed by atoms with Crippen molar-refractivity contribution in [2.45, 2.75) is 13.5 Å². The zero-order valence-corrected chi connectivity index (χ0v) is 15.7. The van der Waals surface area contributed by atoms with E-state index in [0.29, 0.717) is 37.0 Å². The minimum Gasteiger partial charge on any atom is -0.508 e. The van der Waals surface area contributed by atoms with E-state index in [9.17, 15) is 9.90 Å². The highest BCUT2D eigenvalue weighted by atomic mass is 16.4. The Morgan fingerprint density at radius 3 is 2.61 bits per heavy atom. The lowest BCUT2D eigenvalue weighted by Gasteiger charge is -2.34. The van der Waals surface area contributed by atoms with Crippen molar-refractivity contribution in [2.75, 3.05) is 26.2 Å². The number of nitrogens with zero attached hydrogens (tertiary/aromatic N) is 4. The first-order valence-corrected chi connectivity index (χ1v) is 9.29. The van der Waals surface area contributed by atoms with Gasteiger partial charge in [-0.1, -0.05) is 24.3 Å². The van der Waals surface area contributed by atoms with Crippen molar-refractivity contribution in [1.82, 2.24) is 20.0 Å². The van der Waals surface area contributed by atoms with Crippen LogP contribution in [0.25, 0.3) is 11.5 Å². The van der Waals surface area contributed by atoms with Gasteiger partial charge in [0.25, 0.3) is 5.91 Å². The zero-order valence-electron chi connectivity index (χ0n) is 15.7. The van der Waals surface area contributed by atoms with E-state index in [1.807, 2.05) is 31.2 Å². The largest absolute Gasteiger partial charge is 0.508 e. The number of aromatic nitrogens is 2. The molecule has 7 heteroatoms. The second-order valence-electron chi connectivity index (χ2n) is 6.93. The molecule has 0 spiro atoms. The lowest BCUT2D eigenvalue weighted by molar-refractivity contribution is 0.0618. The first-order chi connectivity index (χ1) is 13.6. The molecule has 2 aromatic carbocycles. The Morgan fingerprint density at radius 2 is 1.86 bits per heavy atom. The standard InChI is InChI=1S/C21H22N4O3/c1-15-5-2-3-8-18(15)20-23-22-19(28-20)14-24-9-11-25(12-10-24)21(27)16-6-4-7-17(26)13-16/h2-8,13,26H,9-12,14H2,1H3. The van der Waals surface area contributed by atoms with Crippen molar-refractivity contribution in [2.24, 2.45) is 0 Å². The summed E-state index contributed by atoms with van der Waals surface area (Å²) in [6, 6.07) is 14.4. The van der Waals surface area contributed by atoms with E-state index in [0.717, 1.165) is 24.2 Å². The molecule has 2 heterocycles. The van der Waals surface area contributed by atoms with Gasteiger partial charge in [-0.05, 0) is 36.8 Å². The molecule has 1 fully saturated rings. The van der Waals surface area contributed by atoms with Gasteiger partial charge in [0.1, 0.15) is 5.75 Å². The van der Waals surface area contributed by atoms with Crippen LogP contribution in [0.15, 0.2) is 52.9 Å². The second-order valence-corrected chi connectivity index (χ2v) is 6.93. The molecule has 1 amide bonds. The number of aromatic hydroxyl groups is 1. The van der Waals surface area contributed by atoms with Crippen LogP contribution in [0, 0.1) is 6.92 Å². The van der Waals surface area contributed by atoms with Crippen molar-refractivity contribution >= 4 is 5.91 Å². The number of benzene rings is 2. The Bertz CT molecular complexity index is 977. The van der Waals surface area contributed by atoms with Gasteiger partial charge in [0, 0.05) is 37.3 Å². The molecular formula is C21H22N4O3. The Morgan fingerprint density at radius 1 is 1.07 bits per heavy atom. The molecule has 1 N–H and O–H groups in total. The summed E-state index contributed by atoms with van der Waals surface area (Å²) in [5, 5.41) is 17.9. The lowest BCUT2D eigenvalue weighted by Crippen LogP contribution is -2.48. The third-order valence-corrected chi connectivity index (χ3v) is 4.95. The Hall–Kier alpha value is -3.19. The maximum absolute atomic E-state index is 12.6. The smallest absolute Gasteiger partial charge is 0.254 e. The molecular weight excluding hydrogens is 356 g/mol. The van der Waals surface area contributed by atoms with Gasteiger partial charge in [-0.15, -0.1) is 10.2 Å². The lowest BCUT2D eigenvalue weighted by atomic mass is 10.1. The van der Waals surface area contributed by atoms with Gasteiger partial charge in [-0.25, -0.2) is 0 Å². The van der Waals surface area contributed by atoms with Crippen molar-refractivity contribution in [1.29, 1.82) is 0 Å². The highest BCUT2D eigenvalue weighted by Crippen LogP contribution is 2.22. The van der Waals surface area contributed by atoms with Gasteiger partial charge in [0.15, 0.2) is 0 Å². The predicted molar refractivity (Wildman–Crippen MR) is 104 cm³/mol. The van der Waals surface area contributed by atoms with E-state index in [1.165, 1.54) is 6.07 Å². The Labute approximate surface area is 163 Å². The van der Waals surface area contributed by atoms with Crippen LogP contribution in [0.3, 0.4) is 0 Å². The first kappa shape index (κ1) is 18.2. The number of rotatable bonds is 4. The van der Waals surface area contributed by atoms with Crippen LogP contribution in [0.5, 0.6) is 5.75 Å². The highest BCUT2D eigenvalue weighted by Gasteiger charge is 2.23. The zero-order chi connectivity index (χ0) is 19.5. The molecule has 3 aromatic rings. The molecule has 0 atom stereocenters. The third-order valence-electron chi connectivity index (χ3n) is 4.95. The minimum absolute atomic E-state index is 0.0600. The topological polar surface area (TPSA) is 82.7 Å². The van der Waals surface area contributed by atoms with E-state index in [2.05, 4.69) is 15.1 Å². The van der Waals surface area contributed by atoms with Crippen molar-refractivity contribution < 1.29 is 14.3 Å². The molecule has 0 radical (unpaired) electrons. The first-order valence-electron chi connectivity index (χ1n) is 9.29. The number of carbonyl (C=O) groups excluding carboxylic acids is 1. The number of piperazine rings is 1. The fourth-order valence-corrected chi connectivity index (χ4v) is 3.36. The highest BCUT2D eigenvalue weighted by molar-refractivity contribution is 5.94. The summed E-state index contributed by atoms with van der Waals surface area (Å²) >= 11 is 0. The van der Waals surface area contributed by atoms with E-state index < -0.39 is 0 Å². The van der Waals surface area contributed by atoms with Gasteiger partial charge >= 0.3 is 0 Å². The molecule has 1 aliphatic heterocycles. The van der Waals surface area contributed by atoms with Crippen LogP contribution < -0.4 is 0 Å². The molecule has 28 heavy (non-hydrogen) atoms. The van der Waals surface area contributed by atoms with Crippen LogP contribution in [0.1, 0.15) is 21.8 Å². The van der Waals surface area contributed by atoms with Crippen LogP contribution in [-0.2, 0) is 6.54 Å². The number of hydrogen-bond acceptors (Lipinski definition) is 6. The second kappa shape index (κ2) is 7.82. The monoisotopic (exact) mass is 378 g/mol. The van der Waals surface area contributed by atoms with E-state index in [4.69, 9.17) is 4.42 Å². The molecule has 1 aromatic heterocycles. The molecule has 0 bridgehead atoms. The van der Waals surface area contributed by atoms with Gasteiger partial charge < -0.3 is 14.4 Å². The summed E-state index contributed by atoms with van der Waals surface area (Å²) in [4.78, 5) is 16.6. The van der Waals surface area contributed by atoms with Crippen LogP contribution >= 0.6 is 0 Å². The SMILES string of the molecule is Cc1ccccc1-c1nnc(CN2CCN(C(=O)c3cccc(O)c3)CC2)o1. The number of aryl methyl sites for hydroxylation is 1. The summed E-state index contributed by atoms with van der Waals surface area (Å²) in [6.07, 6.45) is 0. The summed E-state index contributed by atoms with van der Waals surface area (Å²) in [5.74, 6) is 1.15. The maximum atomic E-state index is 12.6. The molecule has 0 unspecified atom stereocenters. The molecule has 0 saturated carbocycles. The summed E-state index contributed by atoms with van der Waals surface area (Å²) in [7, 11) is 0. The fraction of sp³-hybridized carbons (Fsp3) is 0.286. The van der Waals surface area contributed by atoms with E-state index in [1.54, 1.807) is 23.1 Å². The predicted octanol–water partition coefficient (Wildman–Crippen LogP) is 2.71. The fourth-order valence-electron chi connectivity index (χ4n) is 3.36.